The van der Waals surface area contributed by atoms with Crippen molar-refractivity contribution in [2.75, 3.05) is 11.4 Å². The fourth-order valence-electron chi connectivity index (χ4n) is 2.84. The number of hydrogen-bond acceptors (Lipinski definition) is 4. The first-order valence-corrected chi connectivity index (χ1v) is 8.75. The van der Waals surface area contributed by atoms with Crippen LogP contribution in [0, 0.1) is 5.82 Å². The minimum atomic E-state index is -0.199. The molecule has 0 spiro atoms. The maximum Gasteiger partial charge on any atom is 0.140 e. The average Bonchev–Trinajstić information content (AvgIpc) is 3.03. The van der Waals surface area contributed by atoms with Crippen LogP contribution in [0.2, 0.25) is 0 Å². The maximum atomic E-state index is 13.1. The second-order valence-electron chi connectivity index (χ2n) is 5.73. The van der Waals surface area contributed by atoms with Gasteiger partial charge < -0.3 is 9.64 Å². The van der Waals surface area contributed by atoms with Crippen LogP contribution in [0.4, 0.5) is 10.1 Å². The molecule has 0 fully saturated rings. The van der Waals surface area contributed by atoms with E-state index < -0.39 is 0 Å². The molecule has 1 aliphatic heterocycles. The number of hydrogen-bond donors (Lipinski definition) is 0. The molecule has 0 atom stereocenters. The molecular formula is C19H17FN2OS. The van der Waals surface area contributed by atoms with E-state index >= 15 is 0 Å². The monoisotopic (exact) mass is 340 g/mol. The van der Waals surface area contributed by atoms with Crippen LogP contribution in [-0.4, -0.2) is 11.5 Å². The van der Waals surface area contributed by atoms with Crippen molar-refractivity contribution < 1.29 is 9.13 Å². The second-order valence-corrected chi connectivity index (χ2v) is 6.90. The van der Waals surface area contributed by atoms with Gasteiger partial charge in [-0.15, -0.1) is 11.3 Å². The topological polar surface area (TPSA) is 25.4 Å². The van der Waals surface area contributed by atoms with Crippen molar-refractivity contribution in [1.82, 2.24) is 4.98 Å². The summed E-state index contributed by atoms with van der Waals surface area (Å²) in [7, 11) is 0. The standard InChI is InChI=1S/C19H17FN2OS/c20-14-6-8-15(9-7-14)22-11-10-17-18(12-22)24-19(21-17)13-23-16-4-2-1-3-5-16/h1-9H,10-13H2. The number of rotatable bonds is 4. The van der Waals surface area contributed by atoms with Crippen molar-refractivity contribution in [3.05, 3.63) is 76.0 Å². The molecule has 0 saturated heterocycles. The van der Waals surface area contributed by atoms with E-state index in [1.165, 1.54) is 22.7 Å². The lowest BCUT2D eigenvalue weighted by atomic mass is 10.1. The predicted molar refractivity (Wildman–Crippen MR) is 94.0 cm³/mol. The SMILES string of the molecule is Fc1ccc(N2CCc3nc(COc4ccccc4)sc3C2)cc1. The highest BCUT2D eigenvalue weighted by atomic mass is 32.1. The van der Waals surface area contributed by atoms with Gasteiger partial charge in [-0.1, -0.05) is 18.2 Å². The summed E-state index contributed by atoms with van der Waals surface area (Å²) in [5.74, 6) is 0.660. The van der Waals surface area contributed by atoms with Gasteiger partial charge >= 0.3 is 0 Å². The van der Waals surface area contributed by atoms with E-state index in [2.05, 4.69) is 4.90 Å². The van der Waals surface area contributed by atoms with Crippen LogP contribution in [0.1, 0.15) is 15.6 Å². The highest BCUT2D eigenvalue weighted by Crippen LogP contribution is 2.29. The number of fused-ring (bicyclic) bond motifs is 1. The lowest BCUT2D eigenvalue weighted by Gasteiger charge is -2.28. The Hall–Kier alpha value is -2.40. The van der Waals surface area contributed by atoms with Crippen molar-refractivity contribution in [2.45, 2.75) is 19.6 Å². The van der Waals surface area contributed by atoms with Crippen LogP contribution in [-0.2, 0) is 19.6 Å². The van der Waals surface area contributed by atoms with Crippen molar-refractivity contribution in [2.24, 2.45) is 0 Å². The molecule has 0 amide bonds. The smallest absolute Gasteiger partial charge is 0.140 e. The van der Waals surface area contributed by atoms with E-state index in [4.69, 9.17) is 9.72 Å². The maximum absolute atomic E-state index is 13.1. The zero-order valence-corrected chi connectivity index (χ0v) is 13.9. The summed E-state index contributed by atoms with van der Waals surface area (Å²) < 4.78 is 18.9. The van der Waals surface area contributed by atoms with Gasteiger partial charge in [-0.3, -0.25) is 0 Å². The Morgan fingerprint density at radius 3 is 2.67 bits per heavy atom. The van der Waals surface area contributed by atoms with Crippen LogP contribution in [0.25, 0.3) is 0 Å². The molecule has 5 heteroatoms. The molecular weight excluding hydrogens is 323 g/mol. The van der Waals surface area contributed by atoms with Gasteiger partial charge in [-0.05, 0) is 36.4 Å². The van der Waals surface area contributed by atoms with Gasteiger partial charge in [0.05, 0.1) is 12.2 Å². The number of anilines is 1. The van der Waals surface area contributed by atoms with Crippen LogP contribution in [0.3, 0.4) is 0 Å². The Morgan fingerprint density at radius 1 is 1.08 bits per heavy atom. The van der Waals surface area contributed by atoms with Gasteiger partial charge in [-0.25, -0.2) is 9.37 Å². The van der Waals surface area contributed by atoms with Gasteiger partial charge in [-0.2, -0.15) is 0 Å². The van der Waals surface area contributed by atoms with Gasteiger partial charge in [0.25, 0.3) is 0 Å². The fraction of sp³-hybridized carbons (Fsp3) is 0.211. The summed E-state index contributed by atoms with van der Waals surface area (Å²) in [5, 5.41) is 1.00. The van der Waals surface area contributed by atoms with Gasteiger partial charge in [0, 0.05) is 23.5 Å². The molecule has 0 unspecified atom stereocenters. The largest absolute Gasteiger partial charge is 0.486 e. The molecule has 24 heavy (non-hydrogen) atoms. The minimum Gasteiger partial charge on any atom is -0.486 e. The van der Waals surface area contributed by atoms with Crippen LogP contribution in [0.5, 0.6) is 5.75 Å². The molecule has 3 aromatic rings. The first kappa shape index (κ1) is 15.1. The number of halogens is 1. The minimum absolute atomic E-state index is 0.199. The summed E-state index contributed by atoms with van der Waals surface area (Å²) >= 11 is 1.70. The Kier molecular flexibility index (Phi) is 4.17. The molecule has 122 valence electrons. The van der Waals surface area contributed by atoms with Gasteiger partial charge in [0.15, 0.2) is 0 Å². The molecule has 0 radical (unpaired) electrons. The van der Waals surface area contributed by atoms with Crippen molar-refractivity contribution >= 4 is 17.0 Å². The molecule has 0 N–H and O–H groups in total. The van der Waals surface area contributed by atoms with Crippen LogP contribution < -0.4 is 9.64 Å². The Balaban J connectivity index is 1.45. The summed E-state index contributed by atoms with van der Waals surface area (Å²) in [4.78, 5) is 8.26. The number of nitrogens with zero attached hydrogens (tertiary/aromatic N) is 2. The quantitative estimate of drug-likeness (QED) is 0.703. The Bertz CT molecular complexity index is 817. The van der Waals surface area contributed by atoms with E-state index in [1.807, 2.05) is 42.5 Å². The highest BCUT2D eigenvalue weighted by Gasteiger charge is 2.21. The number of ether oxygens (including phenoxy) is 1. The fourth-order valence-corrected chi connectivity index (χ4v) is 3.89. The first-order valence-electron chi connectivity index (χ1n) is 7.94. The highest BCUT2D eigenvalue weighted by molar-refractivity contribution is 7.11. The molecule has 0 aliphatic carbocycles. The number of thiazole rings is 1. The molecule has 0 saturated carbocycles. The van der Waals surface area contributed by atoms with Gasteiger partial charge in [0.2, 0.25) is 0 Å². The zero-order valence-electron chi connectivity index (χ0n) is 13.1. The third-order valence-electron chi connectivity index (χ3n) is 4.07. The first-order chi connectivity index (χ1) is 11.8. The molecule has 2 aromatic carbocycles. The van der Waals surface area contributed by atoms with Crippen LogP contribution in [0.15, 0.2) is 54.6 Å². The van der Waals surface area contributed by atoms with Crippen molar-refractivity contribution in [1.29, 1.82) is 0 Å². The lowest BCUT2D eigenvalue weighted by molar-refractivity contribution is 0.305. The lowest BCUT2D eigenvalue weighted by Crippen LogP contribution is -2.29. The number of para-hydroxylation sites is 1. The third-order valence-corrected chi connectivity index (χ3v) is 5.13. The van der Waals surface area contributed by atoms with E-state index in [-0.39, 0.29) is 5.82 Å². The molecule has 1 aromatic heterocycles. The van der Waals surface area contributed by atoms with Crippen LogP contribution >= 0.6 is 11.3 Å². The summed E-state index contributed by atoms with van der Waals surface area (Å²) in [6.45, 7) is 2.23. The third kappa shape index (κ3) is 3.26. The molecule has 0 bridgehead atoms. The van der Waals surface area contributed by atoms with Gasteiger partial charge in [0.1, 0.15) is 23.2 Å². The summed E-state index contributed by atoms with van der Waals surface area (Å²) in [6, 6.07) is 16.5. The van der Waals surface area contributed by atoms with E-state index in [9.17, 15) is 4.39 Å². The Labute approximate surface area is 144 Å². The summed E-state index contributed by atoms with van der Waals surface area (Å²) in [5.41, 5.74) is 2.22. The van der Waals surface area contributed by atoms with E-state index in [1.54, 1.807) is 11.3 Å². The van der Waals surface area contributed by atoms with E-state index in [0.717, 1.165) is 36.0 Å². The second kappa shape index (κ2) is 6.61. The summed E-state index contributed by atoms with van der Waals surface area (Å²) in [6.07, 6.45) is 0.911. The van der Waals surface area contributed by atoms with E-state index in [0.29, 0.717) is 6.61 Å². The predicted octanol–water partition coefficient (Wildman–Crippen LogP) is 4.42. The normalized spacial score (nSPS) is 13.6. The number of aromatic nitrogens is 1. The Morgan fingerprint density at radius 2 is 1.88 bits per heavy atom. The van der Waals surface area contributed by atoms with Crippen molar-refractivity contribution in [3.8, 4) is 5.75 Å². The molecule has 1 aliphatic rings. The molecule has 4 rings (SSSR count). The molecule has 3 nitrogen and oxygen atoms in total. The zero-order chi connectivity index (χ0) is 16.4. The average molecular weight is 340 g/mol. The number of benzene rings is 2. The van der Waals surface area contributed by atoms with Crippen molar-refractivity contribution in [3.63, 3.8) is 0 Å². The molecule has 2 heterocycles.